The molecule has 0 atom stereocenters. The lowest BCUT2D eigenvalue weighted by Gasteiger charge is -2.07. The van der Waals surface area contributed by atoms with Crippen LogP contribution in [0.1, 0.15) is 18.1 Å². The van der Waals surface area contributed by atoms with Crippen LogP contribution in [-0.2, 0) is 19.4 Å². The molecule has 0 bridgehead atoms. The van der Waals surface area contributed by atoms with E-state index < -0.39 is 9.85 Å². The minimum atomic E-state index is -0.656. The van der Waals surface area contributed by atoms with Gasteiger partial charge in [-0.3, -0.25) is 20.2 Å². The Balaban J connectivity index is 1.70. The molecule has 2 aromatic rings. The minimum absolute atomic E-state index is 0.252. The summed E-state index contributed by atoms with van der Waals surface area (Å²) in [5.41, 5.74) is -0.370. The molecule has 0 radical (unpaired) electrons. The number of nitrogens with zero attached hydrogens (tertiary/aromatic N) is 5. The van der Waals surface area contributed by atoms with Crippen molar-refractivity contribution in [2.75, 3.05) is 11.9 Å². The van der Waals surface area contributed by atoms with Gasteiger partial charge >= 0.3 is 0 Å². The van der Waals surface area contributed by atoms with E-state index in [0.717, 1.165) is 37.1 Å². The van der Waals surface area contributed by atoms with Crippen LogP contribution in [0.25, 0.3) is 0 Å². The van der Waals surface area contributed by atoms with Crippen LogP contribution in [0.5, 0.6) is 0 Å². The van der Waals surface area contributed by atoms with Gasteiger partial charge in [-0.25, -0.2) is 0 Å². The van der Waals surface area contributed by atoms with E-state index in [-0.39, 0.29) is 17.1 Å². The Hall–Kier alpha value is -3.04. The first-order valence-corrected chi connectivity index (χ1v) is 7.14. The summed E-state index contributed by atoms with van der Waals surface area (Å²) in [6.07, 6.45) is 2.55. The van der Waals surface area contributed by atoms with E-state index >= 15 is 0 Å². The number of hydrogen-bond donors (Lipinski definition) is 1. The molecule has 0 saturated heterocycles. The van der Waals surface area contributed by atoms with Crippen molar-refractivity contribution in [3.05, 3.63) is 50.1 Å². The van der Waals surface area contributed by atoms with Crippen LogP contribution in [0.15, 0.2) is 18.2 Å². The molecular formula is C13H14N6O4. The third-order valence-corrected chi connectivity index (χ3v) is 3.74. The second-order valence-electron chi connectivity index (χ2n) is 5.18. The molecule has 23 heavy (non-hydrogen) atoms. The summed E-state index contributed by atoms with van der Waals surface area (Å²) in [6, 6.07) is 3.55. The van der Waals surface area contributed by atoms with Gasteiger partial charge in [-0.1, -0.05) is 0 Å². The molecule has 0 fully saturated rings. The van der Waals surface area contributed by atoms with E-state index in [4.69, 9.17) is 0 Å². The van der Waals surface area contributed by atoms with Crippen molar-refractivity contribution in [2.24, 2.45) is 0 Å². The lowest BCUT2D eigenvalue weighted by Crippen LogP contribution is -2.11. The Bertz CT molecular complexity index is 772. The van der Waals surface area contributed by atoms with Gasteiger partial charge in [-0.2, -0.15) is 0 Å². The molecule has 1 aliphatic heterocycles. The van der Waals surface area contributed by atoms with Crippen LogP contribution >= 0.6 is 0 Å². The molecule has 2 heterocycles. The maximum absolute atomic E-state index is 11.1. The normalized spacial score (nSPS) is 12.9. The molecule has 1 aliphatic rings. The highest BCUT2D eigenvalue weighted by Crippen LogP contribution is 2.28. The third kappa shape index (κ3) is 2.96. The van der Waals surface area contributed by atoms with Crippen LogP contribution in [-0.4, -0.2) is 31.2 Å². The summed E-state index contributed by atoms with van der Waals surface area (Å²) in [7, 11) is 0. The number of nitro groups is 2. The Morgan fingerprint density at radius 3 is 2.78 bits per heavy atom. The lowest BCUT2D eigenvalue weighted by molar-refractivity contribution is -0.393. The average molecular weight is 318 g/mol. The molecule has 1 N–H and O–H groups in total. The number of non-ortho nitro benzene ring substituents is 1. The molecule has 0 spiro atoms. The standard InChI is InChI=1S/C13H14N6O4/c20-18(21)9-3-4-10(11(8-9)19(22)23)14-6-5-13-16-15-12-2-1-7-17(12)13/h3-4,8,14H,1-2,5-7H2. The molecule has 10 nitrogen and oxygen atoms in total. The maximum Gasteiger partial charge on any atom is 0.299 e. The topological polar surface area (TPSA) is 129 Å². The van der Waals surface area contributed by atoms with Gasteiger partial charge in [0.1, 0.15) is 17.3 Å². The molecule has 1 aromatic heterocycles. The summed E-state index contributed by atoms with van der Waals surface area (Å²) in [4.78, 5) is 20.5. The zero-order valence-corrected chi connectivity index (χ0v) is 12.1. The summed E-state index contributed by atoms with van der Waals surface area (Å²) < 4.78 is 2.06. The van der Waals surface area contributed by atoms with Crippen molar-refractivity contribution in [3.8, 4) is 0 Å². The van der Waals surface area contributed by atoms with Crippen LogP contribution in [0.4, 0.5) is 17.1 Å². The predicted molar refractivity (Wildman–Crippen MR) is 80.3 cm³/mol. The second kappa shape index (κ2) is 5.99. The number of hydrogen-bond acceptors (Lipinski definition) is 7. The fourth-order valence-corrected chi connectivity index (χ4v) is 2.64. The highest BCUT2D eigenvalue weighted by molar-refractivity contribution is 5.65. The number of aromatic nitrogens is 3. The highest BCUT2D eigenvalue weighted by Gasteiger charge is 2.20. The number of anilines is 1. The maximum atomic E-state index is 11.1. The fourth-order valence-electron chi connectivity index (χ4n) is 2.64. The van der Waals surface area contributed by atoms with Gasteiger partial charge in [-0.05, 0) is 12.5 Å². The highest BCUT2D eigenvalue weighted by atomic mass is 16.6. The zero-order valence-electron chi connectivity index (χ0n) is 12.1. The number of nitrogens with one attached hydrogen (secondary N) is 1. The van der Waals surface area contributed by atoms with Crippen LogP contribution in [0.2, 0.25) is 0 Å². The van der Waals surface area contributed by atoms with Crippen molar-refractivity contribution in [2.45, 2.75) is 25.8 Å². The minimum Gasteiger partial charge on any atom is -0.379 e. The third-order valence-electron chi connectivity index (χ3n) is 3.74. The van der Waals surface area contributed by atoms with Crippen molar-refractivity contribution in [1.82, 2.24) is 14.8 Å². The quantitative estimate of drug-likeness (QED) is 0.633. The molecule has 1 aromatic carbocycles. The van der Waals surface area contributed by atoms with Crippen LogP contribution < -0.4 is 5.32 Å². The van der Waals surface area contributed by atoms with E-state index in [2.05, 4.69) is 20.1 Å². The number of fused-ring (bicyclic) bond motifs is 1. The lowest BCUT2D eigenvalue weighted by atomic mass is 10.2. The molecule has 10 heteroatoms. The SMILES string of the molecule is O=[N+]([O-])c1ccc(NCCc2nnc3n2CCC3)c([N+](=O)[O-])c1. The van der Waals surface area contributed by atoms with Gasteiger partial charge in [0.2, 0.25) is 0 Å². The zero-order chi connectivity index (χ0) is 16.4. The van der Waals surface area contributed by atoms with Gasteiger partial charge in [-0.15, -0.1) is 10.2 Å². The number of aryl methyl sites for hydroxylation is 1. The Labute approximate surface area is 130 Å². The molecule has 0 amide bonds. The molecule has 120 valence electrons. The molecule has 0 saturated carbocycles. The van der Waals surface area contributed by atoms with Gasteiger partial charge in [0.25, 0.3) is 11.4 Å². The monoisotopic (exact) mass is 318 g/mol. The summed E-state index contributed by atoms with van der Waals surface area (Å²) in [6.45, 7) is 1.33. The predicted octanol–water partition coefficient (Wildman–Crippen LogP) is 1.70. The first kappa shape index (κ1) is 14.9. The first-order valence-electron chi connectivity index (χ1n) is 7.14. The van der Waals surface area contributed by atoms with E-state index in [9.17, 15) is 20.2 Å². The van der Waals surface area contributed by atoms with E-state index in [1.54, 1.807) is 0 Å². The summed E-state index contributed by atoms with van der Waals surface area (Å²) in [5.74, 6) is 1.82. The van der Waals surface area contributed by atoms with Gasteiger partial charge < -0.3 is 9.88 Å². The van der Waals surface area contributed by atoms with Gasteiger partial charge in [0.05, 0.1) is 15.9 Å². The first-order chi connectivity index (χ1) is 11.1. The molecular weight excluding hydrogens is 304 g/mol. The van der Waals surface area contributed by atoms with Crippen LogP contribution in [0.3, 0.4) is 0 Å². The van der Waals surface area contributed by atoms with Crippen LogP contribution in [0, 0.1) is 20.2 Å². The van der Waals surface area contributed by atoms with E-state index in [0.29, 0.717) is 13.0 Å². The van der Waals surface area contributed by atoms with Crippen molar-refractivity contribution in [1.29, 1.82) is 0 Å². The van der Waals surface area contributed by atoms with Crippen molar-refractivity contribution >= 4 is 17.1 Å². The van der Waals surface area contributed by atoms with Gasteiger partial charge in [0.15, 0.2) is 0 Å². The van der Waals surface area contributed by atoms with E-state index in [1.165, 1.54) is 12.1 Å². The summed E-state index contributed by atoms with van der Waals surface area (Å²) in [5, 5.41) is 32.9. The summed E-state index contributed by atoms with van der Waals surface area (Å²) >= 11 is 0. The number of rotatable bonds is 6. The van der Waals surface area contributed by atoms with Crippen molar-refractivity contribution < 1.29 is 9.85 Å². The van der Waals surface area contributed by atoms with Gasteiger partial charge in [0, 0.05) is 32.0 Å². The number of nitro benzene ring substituents is 2. The second-order valence-corrected chi connectivity index (χ2v) is 5.18. The number of benzene rings is 1. The Morgan fingerprint density at radius 1 is 1.22 bits per heavy atom. The molecule has 3 rings (SSSR count). The smallest absolute Gasteiger partial charge is 0.299 e. The Morgan fingerprint density at radius 2 is 2.04 bits per heavy atom. The largest absolute Gasteiger partial charge is 0.379 e. The van der Waals surface area contributed by atoms with E-state index in [1.807, 2.05) is 0 Å². The molecule has 0 unspecified atom stereocenters. The van der Waals surface area contributed by atoms with Crippen molar-refractivity contribution in [3.63, 3.8) is 0 Å². The molecule has 0 aliphatic carbocycles. The Kier molecular flexibility index (Phi) is 3.87. The fraction of sp³-hybridized carbons (Fsp3) is 0.385. The average Bonchev–Trinajstić information content (AvgIpc) is 3.11.